The van der Waals surface area contributed by atoms with Gasteiger partial charge in [-0.3, -0.25) is 4.79 Å². The molecule has 2 aromatic rings. The van der Waals surface area contributed by atoms with E-state index >= 15 is 0 Å². The number of hydrogen-bond donors (Lipinski definition) is 1. The second-order valence-electron chi connectivity index (χ2n) is 4.34. The number of hydrogen-bond acceptors (Lipinski definition) is 2. The first-order valence-corrected chi connectivity index (χ1v) is 7.45. The number of aromatic nitrogens is 1. The summed E-state index contributed by atoms with van der Waals surface area (Å²) in [5.41, 5.74) is 1.44. The fourth-order valence-electron chi connectivity index (χ4n) is 1.92. The van der Waals surface area contributed by atoms with Crippen LogP contribution in [0.25, 0.3) is 0 Å². The Kier molecular flexibility index (Phi) is 5.15. The standard InChI is InChI=1S/C15H14BrClN2O/c1-2-13(10-6-4-3-5-7-10)19-15(20)12-8-11(16)9-18-14(12)17/h3-9,13H,2H2,1H3,(H,19,20). The maximum Gasteiger partial charge on any atom is 0.254 e. The molecule has 0 aliphatic rings. The smallest absolute Gasteiger partial charge is 0.254 e. The molecule has 3 nitrogen and oxygen atoms in total. The summed E-state index contributed by atoms with van der Waals surface area (Å²) in [6.45, 7) is 2.03. The van der Waals surface area contributed by atoms with E-state index in [-0.39, 0.29) is 17.1 Å². The monoisotopic (exact) mass is 352 g/mol. The summed E-state index contributed by atoms with van der Waals surface area (Å²) in [4.78, 5) is 16.3. The fraction of sp³-hybridized carbons (Fsp3) is 0.200. The molecule has 2 rings (SSSR count). The zero-order valence-electron chi connectivity index (χ0n) is 10.9. The van der Waals surface area contributed by atoms with Gasteiger partial charge in [0.1, 0.15) is 5.15 Å². The molecule has 5 heteroatoms. The average molecular weight is 354 g/mol. The third-order valence-electron chi connectivity index (χ3n) is 2.97. The van der Waals surface area contributed by atoms with Crippen molar-refractivity contribution in [3.8, 4) is 0 Å². The van der Waals surface area contributed by atoms with Gasteiger partial charge in [-0.25, -0.2) is 4.98 Å². The summed E-state index contributed by atoms with van der Waals surface area (Å²) in [7, 11) is 0. The summed E-state index contributed by atoms with van der Waals surface area (Å²) >= 11 is 9.26. The van der Waals surface area contributed by atoms with E-state index < -0.39 is 0 Å². The SMILES string of the molecule is CCC(NC(=O)c1cc(Br)cnc1Cl)c1ccccc1. The molecule has 1 N–H and O–H groups in total. The van der Waals surface area contributed by atoms with Crippen LogP contribution in [0.1, 0.15) is 35.3 Å². The van der Waals surface area contributed by atoms with Crippen LogP contribution in [0, 0.1) is 0 Å². The molecular weight excluding hydrogens is 340 g/mol. The first-order valence-electron chi connectivity index (χ1n) is 6.28. The van der Waals surface area contributed by atoms with Crippen LogP contribution in [0.3, 0.4) is 0 Å². The quantitative estimate of drug-likeness (QED) is 0.829. The van der Waals surface area contributed by atoms with E-state index in [0.29, 0.717) is 5.56 Å². The van der Waals surface area contributed by atoms with E-state index in [2.05, 4.69) is 26.2 Å². The largest absolute Gasteiger partial charge is 0.345 e. The molecule has 1 unspecified atom stereocenters. The highest BCUT2D eigenvalue weighted by molar-refractivity contribution is 9.10. The zero-order chi connectivity index (χ0) is 14.5. The summed E-state index contributed by atoms with van der Waals surface area (Å²) in [5, 5.41) is 3.19. The molecule has 0 saturated heterocycles. The Balaban J connectivity index is 2.20. The maximum absolute atomic E-state index is 12.3. The number of halogens is 2. The van der Waals surface area contributed by atoms with Crippen molar-refractivity contribution in [2.45, 2.75) is 19.4 Å². The number of nitrogens with one attached hydrogen (secondary N) is 1. The van der Waals surface area contributed by atoms with Crippen LogP contribution < -0.4 is 5.32 Å². The van der Waals surface area contributed by atoms with Crippen LogP contribution in [-0.4, -0.2) is 10.9 Å². The molecule has 104 valence electrons. The van der Waals surface area contributed by atoms with E-state index in [4.69, 9.17) is 11.6 Å². The minimum absolute atomic E-state index is 0.0428. The van der Waals surface area contributed by atoms with Crippen LogP contribution in [0.15, 0.2) is 47.1 Å². The Morgan fingerprint density at radius 3 is 2.75 bits per heavy atom. The van der Waals surface area contributed by atoms with Gasteiger partial charge in [-0.2, -0.15) is 0 Å². The first-order chi connectivity index (χ1) is 9.61. The lowest BCUT2D eigenvalue weighted by atomic mass is 10.0. The molecular formula is C15H14BrClN2O. The predicted molar refractivity (Wildman–Crippen MR) is 83.9 cm³/mol. The number of nitrogens with zero attached hydrogens (tertiary/aromatic N) is 1. The van der Waals surface area contributed by atoms with Crippen LogP contribution in [-0.2, 0) is 0 Å². The summed E-state index contributed by atoms with van der Waals surface area (Å²) < 4.78 is 0.722. The first kappa shape index (κ1) is 15.0. The van der Waals surface area contributed by atoms with E-state index in [1.807, 2.05) is 37.3 Å². The van der Waals surface area contributed by atoms with Gasteiger partial charge in [-0.1, -0.05) is 48.9 Å². The van der Waals surface area contributed by atoms with E-state index in [1.54, 1.807) is 12.3 Å². The van der Waals surface area contributed by atoms with Gasteiger partial charge in [-0.15, -0.1) is 0 Å². The van der Waals surface area contributed by atoms with Gasteiger partial charge in [0.05, 0.1) is 11.6 Å². The number of amides is 1. The van der Waals surface area contributed by atoms with E-state index in [9.17, 15) is 4.79 Å². The number of pyridine rings is 1. The normalized spacial score (nSPS) is 11.9. The summed E-state index contributed by atoms with van der Waals surface area (Å²) in [5.74, 6) is -0.223. The van der Waals surface area contributed by atoms with E-state index in [0.717, 1.165) is 16.5 Å². The van der Waals surface area contributed by atoms with Crippen LogP contribution in [0.5, 0.6) is 0 Å². The molecule has 0 radical (unpaired) electrons. The second kappa shape index (κ2) is 6.86. The Morgan fingerprint density at radius 1 is 1.40 bits per heavy atom. The average Bonchev–Trinajstić information content (AvgIpc) is 2.48. The number of carbonyl (C=O) groups is 1. The molecule has 1 heterocycles. The number of carbonyl (C=O) groups excluding carboxylic acids is 1. The fourth-order valence-corrected chi connectivity index (χ4v) is 2.44. The van der Waals surface area contributed by atoms with Crippen molar-refractivity contribution in [3.05, 3.63) is 63.3 Å². The highest BCUT2D eigenvalue weighted by atomic mass is 79.9. The van der Waals surface area contributed by atoms with Crippen LogP contribution in [0.2, 0.25) is 5.15 Å². The van der Waals surface area contributed by atoms with Gasteiger partial charge in [-0.05, 0) is 34.0 Å². The maximum atomic E-state index is 12.3. The lowest BCUT2D eigenvalue weighted by Gasteiger charge is -2.17. The molecule has 20 heavy (non-hydrogen) atoms. The lowest BCUT2D eigenvalue weighted by molar-refractivity contribution is 0.0935. The molecule has 1 aromatic heterocycles. The van der Waals surface area contributed by atoms with Crippen molar-refractivity contribution in [1.29, 1.82) is 0 Å². The third kappa shape index (κ3) is 3.58. The summed E-state index contributed by atoms with van der Waals surface area (Å²) in [6.07, 6.45) is 2.36. The zero-order valence-corrected chi connectivity index (χ0v) is 13.3. The summed E-state index contributed by atoms with van der Waals surface area (Å²) in [6, 6.07) is 11.5. The molecule has 1 aromatic carbocycles. The highest BCUT2D eigenvalue weighted by Crippen LogP contribution is 2.21. The Morgan fingerprint density at radius 2 is 2.10 bits per heavy atom. The molecule has 0 spiro atoms. The Hall–Kier alpha value is -1.39. The van der Waals surface area contributed by atoms with Crippen molar-refractivity contribution in [2.24, 2.45) is 0 Å². The van der Waals surface area contributed by atoms with Crippen LogP contribution in [0.4, 0.5) is 0 Å². The lowest BCUT2D eigenvalue weighted by Crippen LogP contribution is -2.28. The third-order valence-corrected chi connectivity index (χ3v) is 3.70. The molecule has 0 fully saturated rings. The topological polar surface area (TPSA) is 42.0 Å². The molecule has 0 saturated carbocycles. The minimum Gasteiger partial charge on any atom is -0.345 e. The minimum atomic E-state index is -0.223. The van der Waals surface area contributed by atoms with Crippen molar-refractivity contribution < 1.29 is 4.79 Å². The Labute approximate surface area is 131 Å². The van der Waals surface area contributed by atoms with Crippen molar-refractivity contribution in [1.82, 2.24) is 10.3 Å². The van der Waals surface area contributed by atoms with Gasteiger partial charge in [0.2, 0.25) is 0 Å². The number of rotatable bonds is 4. The van der Waals surface area contributed by atoms with Gasteiger partial charge >= 0.3 is 0 Å². The van der Waals surface area contributed by atoms with Gasteiger partial charge in [0, 0.05) is 10.7 Å². The van der Waals surface area contributed by atoms with E-state index in [1.165, 1.54) is 0 Å². The molecule has 0 aliphatic heterocycles. The molecule has 1 amide bonds. The number of benzene rings is 1. The second-order valence-corrected chi connectivity index (χ2v) is 5.61. The van der Waals surface area contributed by atoms with Crippen LogP contribution >= 0.6 is 27.5 Å². The molecule has 1 atom stereocenters. The molecule has 0 aliphatic carbocycles. The Bertz CT molecular complexity index is 604. The predicted octanol–water partition coefficient (Wildman–Crippen LogP) is 4.38. The van der Waals surface area contributed by atoms with Gasteiger partial charge < -0.3 is 5.32 Å². The van der Waals surface area contributed by atoms with Crippen molar-refractivity contribution >= 4 is 33.4 Å². The van der Waals surface area contributed by atoms with Crippen molar-refractivity contribution in [3.63, 3.8) is 0 Å². The molecule has 0 bridgehead atoms. The van der Waals surface area contributed by atoms with Gasteiger partial charge in [0.15, 0.2) is 0 Å². The van der Waals surface area contributed by atoms with Crippen molar-refractivity contribution in [2.75, 3.05) is 0 Å². The highest BCUT2D eigenvalue weighted by Gasteiger charge is 2.17. The van der Waals surface area contributed by atoms with Gasteiger partial charge in [0.25, 0.3) is 5.91 Å².